The van der Waals surface area contributed by atoms with Gasteiger partial charge in [0.2, 0.25) is 0 Å². The van der Waals surface area contributed by atoms with E-state index in [1.165, 1.54) is 11.3 Å². The number of aryl methyl sites for hydroxylation is 1. The van der Waals surface area contributed by atoms with Crippen LogP contribution in [0, 0.1) is 6.92 Å². The van der Waals surface area contributed by atoms with Crippen molar-refractivity contribution in [3.05, 3.63) is 54.4 Å². The van der Waals surface area contributed by atoms with Gasteiger partial charge in [-0.15, -0.1) is 0 Å². The zero-order valence-corrected chi connectivity index (χ0v) is 13.3. The second-order valence-electron chi connectivity index (χ2n) is 5.68. The van der Waals surface area contributed by atoms with Gasteiger partial charge in [0.1, 0.15) is 5.75 Å². The average molecular weight is 311 g/mol. The molecular weight excluding hydrogens is 290 g/mol. The molecule has 1 aliphatic rings. The number of piperazine rings is 1. The highest BCUT2D eigenvalue weighted by Crippen LogP contribution is 2.18. The molecule has 5 heteroatoms. The van der Waals surface area contributed by atoms with E-state index < -0.39 is 0 Å². The second-order valence-corrected chi connectivity index (χ2v) is 5.68. The van der Waals surface area contributed by atoms with Gasteiger partial charge < -0.3 is 14.5 Å². The number of carbonyl (C=O) groups is 1. The van der Waals surface area contributed by atoms with Crippen molar-refractivity contribution in [3.63, 3.8) is 0 Å². The number of pyridine rings is 1. The van der Waals surface area contributed by atoms with E-state index in [0.717, 1.165) is 26.2 Å². The molecule has 2 heterocycles. The van der Waals surface area contributed by atoms with Gasteiger partial charge in [0.25, 0.3) is 5.91 Å². The maximum absolute atomic E-state index is 12.2. The Balaban J connectivity index is 1.49. The topological polar surface area (TPSA) is 45.7 Å². The van der Waals surface area contributed by atoms with Crippen LogP contribution in [0.25, 0.3) is 0 Å². The summed E-state index contributed by atoms with van der Waals surface area (Å²) < 4.78 is 5.48. The average Bonchev–Trinajstić information content (AvgIpc) is 2.61. The first-order valence-corrected chi connectivity index (χ1v) is 7.84. The van der Waals surface area contributed by atoms with Crippen LogP contribution in [-0.2, 0) is 4.79 Å². The summed E-state index contributed by atoms with van der Waals surface area (Å²) in [7, 11) is 0. The van der Waals surface area contributed by atoms with Gasteiger partial charge in [-0.25, -0.2) is 0 Å². The summed E-state index contributed by atoms with van der Waals surface area (Å²) in [6.45, 7) is 5.31. The van der Waals surface area contributed by atoms with Crippen molar-refractivity contribution in [3.8, 4) is 5.75 Å². The van der Waals surface area contributed by atoms with Crippen LogP contribution in [0.1, 0.15) is 5.56 Å². The van der Waals surface area contributed by atoms with Gasteiger partial charge in [-0.1, -0.05) is 12.1 Å². The number of amides is 1. The lowest BCUT2D eigenvalue weighted by atomic mass is 10.2. The number of benzene rings is 1. The molecule has 1 saturated heterocycles. The summed E-state index contributed by atoms with van der Waals surface area (Å²) in [6.07, 6.45) is 3.29. The van der Waals surface area contributed by atoms with Crippen LogP contribution in [0.5, 0.6) is 5.75 Å². The number of hydrogen-bond acceptors (Lipinski definition) is 4. The maximum Gasteiger partial charge on any atom is 0.260 e. The molecule has 0 N–H and O–H groups in total. The lowest BCUT2D eigenvalue weighted by Gasteiger charge is -2.36. The summed E-state index contributed by atoms with van der Waals surface area (Å²) >= 11 is 0. The summed E-state index contributed by atoms with van der Waals surface area (Å²) in [4.78, 5) is 20.4. The molecule has 23 heavy (non-hydrogen) atoms. The first-order chi connectivity index (χ1) is 11.2. The Morgan fingerprint density at radius 2 is 2.00 bits per heavy atom. The third-order valence-electron chi connectivity index (χ3n) is 4.00. The highest BCUT2D eigenvalue weighted by molar-refractivity contribution is 5.78. The van der Waals surface area contributed by atoms with E-state index in [1.807, 2.05) is 4.90 Å². The fraction of sp³-hybridized carbons (Fsp3) is 0.333. The number of aromatic nitrogens is 1. The molecule has 1 fully saturated rings. The highest BCUT2D eigenvalue weighted by atomic mass is 16.5. The smallest absolute Gasteiger partial charge is 0.260 e. The zero-order valence-electron chi connectivity index (χ0n) is 13.3. The molecule has 0 spiro atoms. The molecule has 2 aromatic rings. The molecule has 1 aromatic carbocycles. The Labute approximate surface area is 136 Å². The van der Waals surface area contributed by atoms with E-state index in [-0.39, 0.29) is 12.5 Å². The van der Waals surface area contributed by atoms with Crippen molar-refractivity contribution in [2.75, 3.05) is 37.7 Å². The van der Waals surface area contributed by atoms with Crippen molar-refractivity contribution in [2.24, 2.45) is 0 Å². The van der Waals surface area contributed by atoms with Crippen LogP contribution < -0.4 is 9.64 Å². The largest absolute Gasteiger partial charge is 0.482 e. The first kappa shape index (κ1) is 15.3. The molecule has 0 aliphatic carbocycles. The van der Waals surface area contributed by atoms with Crippen LogP contribution in [0.15, 0.2) is 48.8 Å². The van der Waals surface area contributed by atoms with Crippen LogP contribution in [-0.4, -0.2) is 48.6 Å². The van der Waals surface area contributed by atoms with E-state index in [1.54, 1.807) is 24.5 Å². The summed E-state index contributed by atoms with van der Waals surface area (Å²) in [5, 5.41) is 0. The van der Waals surface area contributed by atoms with E-state index in [2.05, 4.69) is 41.1 Å². The number of rotatable bonds is 4. The Hall–Kier alpha value is -2.56. The number of carbonyl (C=O) groups excluding carboxylic acids is 1. The SMILES string of the molecule is Cc1cccc(N2CCN(C(=O)COc3cccnc3)CC2)c1. The molecule has 5 nitrogen and oxygen atoms in total. The molecule has 1 aromatic heterocycles. The van der Waals surface area contributed by atoms with E-state index in [9.17, 15) is 4.79 Å². The summed E-state index contributed by atoms with van der Waals surface area (Å²) in [5.41, 5.74) is 2.48. The minimum Gasteiger partial charge on any atom is -0.482 e. The van der Waals surface area contributed by atoms with Crippen LogP contribution in [0.4, 0.5) is 5.69 Å². The molecule has 0 radical (unpaired) electrons. The number of nitrogens with zero attached hydrogens (tertiary/aromatic N) is 3. The van der Waals surface area contributed by atoms with E-state index >= 15 is 0 Å². The Morgan fingerprint density at radius 3 is 2.70 bits per heavy atom. The number of anilines is 1. The molecule has 0 atom stereocenters. The second kappa shape index (κ2) is 7.13. The van der Waals surface area contributed by atoms with Gasteiger partial charge in [0.15, 0.2) is 6.61 Å². The molecule has 120 valence electrons. The normalized spacial score (nSPS) is 14.7. The Kier molecular flexibility index (Phi) is 4.76. The number of hydrogen-bond donors (Lipinski definition) is 0. The lowest BCUT2D eigenvalue weighted by Crippen LogP contribution is -2.50. The predicted molar refractivity (Wildman–Crippen MR) is 89.7 cm³/mol. The van der Waals surface area contributed by atoms with Gasteiger partial charge in [-0.05, 0) is 36.8 Å². The van der Waals surface area contributed by atoms with Gasteiger partial charge in [-0.2, -0.15) is 0 Å². The molecular formula is C18H21N3O2. The van der Waals surface area contributed by atoms with Gasteiger partial charge in [-0.3, -0.25) is 9.78 Å². The zero-order chi connectivity index (χ0) is 16.1. The Bertz CT molecular complexity index is 652. The molecule has 0 bridgehead atoms. The van der Waals surface area contributed by atoms with Crippen molar-refractivity contribution >= 4 is 11.6 Å². The quantitative estimate of drug-likeness (QED) is 0.868. The van der Waals surface area contributed by atoms with Gasteiger partial charge >= 0.3 is 0 Å². The van der Waals surface area contributed by atoms with Gasteiger partial charge in [0, 0.05) is 38.1 Å². The molecule has 3 rings (SSSR count). The van der Waals surface area contributed by atoms with Crippen molar-refractivity contribution < 1.29 is 9.53 Å². The Morgan fingerprint density at radius 1 is 1.17 bits per heavy atom. The molecule has 1 amide bonds. The fourth-order valence-corrected chi connectivity index (χ4v) is 2.71. The summed E-state index contributed by atoms with van der Waals surface area (Å²) in [5.74, 6) is 0.650. The van der Waals surface area contributed by atoms with Crippen LogP contribution in [0.3, 0.4) is 0 Å². The lowest BCUT2D eigenvalue weighted by molar-refractivity contribution is -0.133. The van der Waals surface area contributed by atoms with Crippen molar-refractivity contribution in [2.45, 2.75) is 6.92 Å². The summed E-state index contributed by atoms with van der Waals surface area (Å²) in [6, 6.07) is 12.1. The molecule has 0 unspecified atom stereocenters. The third kappa shape index (κ3) is 4.00. The maximum atomic E-state index is 12.2. The molecule has 0 saturated carbocycles. The third-order valence-corrected chi connectivity index (χ3v) is 4.00. The highest BCUT2D eigenvalue weighted by Gasteiger charge is 2.21. The minimum absolute atomic E-state index is 0.0257. The minimum atomic E-state index is 0.0257. The standard InChI is InChI=1S/C18H21N3O2/c1-15-4-2-5-16(12-15)20-8-10-21(11-9-20)18(22)14-23-17-6-3-7-19-13-17/h2-7,12-13H,8-11,14H2,1H3. The van der Waals surface area contributed by atoms with E-state index in [4.69, 9.17) is 4.74 Å². The van der Waals surface area contributed by atoms with Crippen LogP contribution >= 0.6 is 0 Å². The van der Waals surface area contributed by atoms with Gasteiger partial charge in [0.05, 0.1) is 6.20 Å². The fourth-order valence-electron chi connectivity index (χ4n) is 2.71. The van der Waals surface area contributed by atoms with Crippen molar-refractivity contribution in [1.29, 1.82) is 0 Å². The van der Waals surface area contributed by atoms with Crippen LogP contribution in [0.2, 0.25) is 0 Å². The predicted octanol–water partition coefficient (Wildman–Crippen LogP) is 2.12. The molecule has 1 aliphatic heterocycles. The van der Waals surface area contributed by atoms with Crippen molar-refractivity contribution in [1.82, 2.24) is 9.88 Å². The first-order valence-electron chi connectivity index (χ1n) is 7.84. The monoisotopic (exact) mass is 311 g/mol. The number of ether oxygens (including phenoxy) is 1. The van der Waals surface area contributed by atoms with E-state index in [0.29, 0.717) is 5.75 Å².